The summed E-state index contributed by atoms with van der Waals surface area (Å²) in [6.45, 7) is 2.02. The van der Waals surface area contributed by atoms with Crippen LogP contribution in [0.4, 0.5) is 0 Å². The Morgan fingerprint density at radius 3 is 2.00 bits per heavy atom. The molecule has 3 heteroatoms. The van der Waals surface area contributed by atoms with Crippen molar-refractivity contribution in [2.75, 3.05) is 6.61 Å². The van der Waals surface area contributed by atoms with Gasteiger partial charge in [0.15, 0.2) is 0 Å². The number of hydrogen-bond acceptors (Lipinski definition) is 3. The summed E-state index contributed by atoms with van der Waals surface area (Å²) in [6, 6.07) is 20.5. The molecule has 3 nitrogen and oxygen atoms in total. The summed E-state index contributed by atoms with van der Waals surface area (Å²) < 4.78 is 5.23. The summed E-state index contributed by atoms with van der Waals surface area (Å²) in [5.74, 6) is -0.182. The number of hydrogen-bond donors (Lipinski definition) is 1. The van der Waals surface area contributed by atoms with Gasteiger partial charge in [-0.25, -0.2) is 4.79 Å². The van der Waals surface area contributed by atoms with Gasteiger partial charge < -0.3 is 10.5 Å². The van der Waals surface area contributed by atoms with Crippen LogP contribution in [0.3, 0.4) is 0 Å². The summed E-state index contributed by atoms with van der Waals surface area (Å²) in [7, 11) is 0. The number of nitrogens with two attached hydrogens (primary N) is 1. The van der Waals surface area contributed by atoms with Gasteiger partial charge in [-0.3, -0.25) is 0 Å². The lowest BCUT2D eigenvalue weighted by molar-refractivity contribution is -0.137. The molecule has 2 N–H and O–H groups in total. The average molecular weight is 295 g/mol. The Morgan fingerprint density at radius 1 is 1.05 bits per heavy atom. The molecule has 0 aliphatic heterocycles. The monoisotopic (exact) mass is 295 g/mol. The maximum Gasteiger partial charge on any atom is 0.332 e. The Hall–Kier alpha value is -2.55. The van der Waals surface area contributed by atoms with E-state index >= 15 is 0 Å². The highest BCUT2D eigenvalue weighted by atomic mass is 16.5. The molecular formula is C19H21NO2. The topological polar surface area (TPSA) is 52.3 Å². The minimum absolute atomic E-state index is 0.207. The van der Waals surface area contributed by atoms with Crippen LogP contribution in [0.5, 0.6) is 0 Å². The van der Waals surface area contributed by atoms with Crippen molar-refractivity contribution in [2.24, 2.45) is 5.73 Å². The van der Waals surface area contributed by atoms with E-state index in [2.05, 4.69) is 24.3 Å². The maximum atomic E-state index is 11.5. The number of allylic oxidation sites excluding steroid dienone is 1. The van der Waals surface area contributed by atoms with E-state index in [1.165, 1.54) is 17.2 Å². The highest BCUT2D eigenvalue weighted by molar-refractivity contribution is 5.82. The van der Waals surface area contributed by atoms with Crippen molar-refractivity contribution in [2.45, 2.75) is 19.3 Å². The zero-order valence-corrected chi connectivity index (χ0v) is 12.7. The predicted octanol–water partition coefficient (Wildman–Crippen LogP) is 3.61. The summed E-state index contributed by atoms with van der Waals surface area (Å²) >= 11 is 0. The van der Waals surface area contributed by atoms with Crippen LogP contribution in [0.1, 0.15) is 30.4 Å². The highest BCUT2D eigenvalue weighted by Gasteiger charge is 2.14. The second-order valence-electron chi connectivity index (χ2n) is 5.22. The number of benzene rings is 2. The predicted molar refractivity (Wildman–Crippen MR) is 88.2 cm³/mol. The minimum atomic E-state index is -0.389. The molecule has 114 valence electrons. The first-order chi connectivity index (χ1) is 10.7. The number of carbonyl (C=O) groups excluding carboxylic acids is 1. The zero-order valence-electron chi connectivity index (χ0n) is 12.7. The molecule has 0 atom stereocenters. The normalized spacial score (nSPS) is 11.5. The number of ether oxygens (including phenoxy) is 1. The standard InChI is InChI=1S/C19H21NO2/c1-15(20)14-19(21)22-13-12-18(16-8-4-2-5-9-16)17-10-6-3-7-11-17/h2-11,14,18H,12-13,20H2,1H3/b15-14-. The quantitative estimate of drug-likeness (QED) is 0.654. The van der Waals surface area contributed by atoms with Crippen LogP contribution in [0, 0.1) is 0 Å². The van der Waals surface area contributed by atoms with Crippen LogP contribution in [0.15, 0.2) is 72.4 Å². The summed E-state index contributed by atoms with van der Waals surface area (Å²) in [5.41, 5.74) is 8.35. The van der Waals surface area contributed by atoms with E-state index in [0.717, 1.165) is 6.42 Å². The van der Waals surface area contributed by atoms with Crippen molar-refractivity contribution in [3.63, 3.8) is 0 Å². The molecular weight excluding hydrogens is 274 g/mol. The second kappa shape index (κ2) is 8.03. The Labute approximate surface area is 131 Å². The van der Waals surface area contributed by atoms with Crippen LogP contribution in [0.2, 0.25) is 0 Å². The summed E-state index contributed by atoms with van der Waals surface area (Å²) in [5, 5.41) is 0. The van der Waals surface area contributed by atoms with Crippen molar-refractivity contribution < 1.29 is 9.53 Å². The van der Waals surface area contributed by atoms with Gasteiger partial charge in [0, 0.05) is 17.7 Å². The fraction of sp³-hybridized carbons (Fsp3) is 0.211. The first kappa shape index (κ1) is 15.8. The zero-order chi connectivity index (χ0) is 15.8. The minimum Gasteiger partial charge on any atom is -0.462 e. The molecule has 2 aromatic rings. The molecule has 22 heavy (non-hydrogen) atoms. The lowest BCUT2D eigenvalue weighted by Gasteiger charge is -2.18. The first-order valence-corrected chi connectivity index (χ1v) is 7.37. The molecule has 0 amide bonds. The fourth-order valence-corrected chi connectivity index (χ4v) is 2.40. The molecule has 0 heterocycles. The van der Waals surface area contributed by atoms with Crippen LogP contribution in [0.25, 0.3) is 0 Å². The van der Waals surface area contributed by atoms with E-state index in [1.807, 2.05) is 36.4 Å². The number of esters is 1. The van der Waals surface area contributed by atoms with Gasteiger partial charge in [0.05, 0.1) is 6.61 Å². The largest absolute Gasteiger partial charge is 0.462 e. The van der Waals surface area contributed by atoms with E-state index in [4.69, 9.17) is 10.5 Å². The van der Waals surface area contributed by atoms with Crippen molar-refractivity contribution in [1.29, 1.82) is 0 Å². The smallest absolute Gasteiger partial charge is 0.332 e. The van der Waals surface area contributed by atoms with Crippen molar-refractivity contribution >= 4 is 5.97 Å². The van der Waals surface area contributed by atoms with Gasteiger partial charge in [-0.1, -0.05) is 60.7 Å². The molecule has 0 aliphatic carbocycles. The van der Waals surface area contributed by atoms with Crippen LogP contribution in [-0.4, -0.2) is 12.6 Å². The van der Waals surface area contributed by atoms with Gasteiger partial charge in [0.1, 0.15) is 0 Å². The Balaban J connectivity index is 2.07. The molecule has 0 unspecified atom stereocenters. The molecule has 0 saturated carbocycles. The number of carbonyl (C=O) groups is 1. The molecule has 0 fully saturated rings. The molecule has 0 radical (unpaired) electrons. The maximum absolute atomic E-state index is 11.5. The third-order valence-corrected chi connectivity index (χ3v) is 3.40. The molecule has 0 spiro atoms. The Morgan fingerprint density at radius 2 is 1.55 bits per heavy atom. The molecule has 0 aliphatic rings. The van der Waals surface area contributed by atoms with Gasteiger partial charge in [0.2, 0.25) is 0 Å². The third-order valence-electron chi connectivity index (χ3n) is 3.40. The van der Waals surface area contributed by atoms with Crippen molar-refractivity contribution in [3.05, 3.63) is 83.6 Å². The molecule has 0 bridgehead atoms. The lowest BCUT2D eigenvalue weighted by Crippen LogP contribution is -2.10. The lowest BCUT2D eigenvalue weighted by atomic mass is 9.89. The Kier molecular flexibility index (Phi) is 5.78. The third kappa shape index (κ3) is 4.77. The van der Waals surface area contributed by atoms with Gasteiger partial charge in [-0.15, -0.1) is 0 Å². The SMILES string of the molecule is C/C(N)=C/C(=O)OCCC(c1ccccc1)c1ccccc1. The summed E-state index contributed by atoms with van der Waals surface area (Å²) in [6.07, 6.45) is 2.04. The summed E-state index contributed by atoms with van der Waals surface area (Å²) in [4.78, 5) is 11.5. The van der Waals surface area contributed by atoms with Crippen molar-refractivity contribution in [3.8, 4) is 0 Å². The average Bonchev–Trinajstić information content (AvgIpc) is 2.52. The van der Waals surface area contributed by atoms with Gasteiger partial charge in [-0.05, 0) is 24.5 Å². The molecule has 2 aromatic carbocycles. The van der Waals surface area contributed by atoms with Gasteiger partial charge in [0.25, 0.3) is 0 Å². The first-order valence-electron chi connectivity index (χ1n) is 7.37. The highest BCUT2D eigenvalue weighted by Crippen LogP contribution is 2.27. The Bertz CT molecular complexity index is 577. The van der Waals surface area contributed by atoms with E-state index in [9.17, 15) is 4.79 Å². The van der Waals surface area contributed by atoms with E-state index < -0.39 is 0 Å². The van der Waals surface area contributed by atoms with Crippen molar-refractivity contribution in [1.82, 2.24) is 0 Å². The number of rotatable bonds is 6. The van der Waals surface area contributed by atoms with Crippen LogP contribution < -0.4 is 5.73 Å². The molecule has 0 aromatic heterocycles. The van der Waals surface area contributed by atoms with E-state index in [1.54, 1.807) is 6.92 Å². The fourth-order valence-electron chi connectivity index (χ4n) is 2.40. The molecule has 2 rings (SSSR count). The van der Waals surface area contributed by atoms with Crippen LogP contribution >= 0.6 is 0 Å². The van der Waals surface area contributed by atoms with E-state index in [-0.39, 0.29) is 11.9 Å². The van der Waals surface area contributed by atoms with E-state index in [0.29, 0.717) is 12.3 Å². The second-order valence-corrected chi connectivity index (χ2v) is 5.22. The van der Waals surface area contributed by atoms with Gasteiger partial charge in [-0.2, -0.15) is 0 Å². The van der Waals surface area contributed by atoms with Crippen LogP contribution in [-0.2, 0) is 9.53 Å². The molecule has 0 saturated heterocycles. The van der Waals surface area contributed by atoms with Gasteiger partial charge >= 0.3 is 5.97 Å².